The van der Waals surface area contributed by atoms with Crippen LogP contribution in [0.1, 0.15) is 29.7 Å². The fourth-order valence-corrected chi connectivity index (χ4v) is 2.85. The number of ether oxygens (including phenoxy) is 2. The van der Waals surface area contributed by atoms with E-state index in [4.69, 9.17) is 14.0 Å². The van der Waals surface area contributed by atoms with Gasteiger partial charge in [-0.15, -0.1) is 0 Å². The summed E-state index contributed by atoms with van der Waals surface area (Å²) in [5.74, 6) is 2.00. The molecular weight excluding hydrogens is 350 g/mol. The van der Waals surface area contributed by atoms with Gasteiger partial charge in [-0.1, -0.05) is 11.2 Å². The summed E-state index contributed by atoms with van der Waals surface area (Å²) < 4.78 is 18.1. The molecule has 0 saturated heterocycles. The minimum absolute atomic E-state index is 0.133. The van der Waals surface area contributed by atoms with Crippen LogP contribution in [-0.4, -0.2) is 38.8 Å². The molecule has 9 nitrogen and oxygen atoms in total. The third-order valence-corrected chi connectivity index (χ3v) is 4.16. The van der Waals surface area contributed by atoms with Crippen molar-refractivity contribution < 1.29 is 18.8 Å². The van der Waals surface area contributed by atoms with Gasteiger partial charge in [-0.05, 0) is 17.7 Å². The van der Waals surface area contributed by atoms with Gasteiger partial charge >= 0.3 is 0 Å². The van der Waals surface area contributed by atoms with E-state index in [0.717, 1.165) is 5.56 Å². The van der Waals surface area contributed by atoms with Crippen LogP contribution < -0.4 is 14.8 Å². The Morgan fingerprint density at radius 3 is 2.89 bits per heavy atom. The van der Waals surface area contributed by atoms with Gasteiger partial charge in [0.1, 0.15) is 19.3 Å². The minimum Gasteiger partial charge on any atom is -0.486 e. The number of benzene rings is 1. The summed E-state index contributed by atoms with van der Waals surface area (Å²) in [6.45, 7) is 3.24. The molecule has 0 spiro atoms. The fourth-order valence-electron chi connectivity index (χ4n) is 2.85. The summed E-state index contributed by atoms with van der Waals surface area (Å²) >= 11 is 0. The lowest BCUT2D eigenvalue weighted by Gasteiger charge is -2.21. The Kier molecular flexibility index (Phi) is 4.73. The predicted octanol–water partition coefficient (Wildman–Crippen LogP) is 1.64. The molecule has 4 rings (SSSR count). The smallest absolute Gasteiger partial charge is 0.223 e. The first-order chi connectivity index (χ1) is 13.2. The highest BCUT2D eigenvalue weighted by Crippen LogP contribution is 2.33. The second-order valence-electron chi connectivity index (χ2n) is 6.13. The number of rotatable bonds is 6. The number of carbonyl (C=O) groups excluding carboxylic acids is 1. The van der Waals surface area contributed by atoms with Crippen molar-refractivity contribution in [3.8, 4) is 11.5 Å². The van der Waals surface area contributed by atoms with Crippen LogP contribution in [0.25, 0.3) is 0 Å². The largest absolute Gasteiger partial charge is 0.486 e. The lowest BCUT2D eigenvalue weighted by molar-refractivity contribution is -0.121. The zero-order valence-corrected chi connectivity index (χ0v) is 14.8. The van der Waals surface area contributed by atoms with Gasteiger partial charge in [0.2, 0.25) is 11.8 Å². The van der Waals surface area contributed by atoms with Gasteiger partial charge in [-0.2, -0.15) is 4.98 Å². The molecule has 0 aliphatic carbocycles. The van der Waals surface area contributed by atoms with E-state index in [2.05, 4.69) is 20.4 Å². The van der Waals surface area contributed by atoms with Crippen molar-refractivity contribution >= 4 is 5.91 Å². The van der Waals surface area contributed by atoms with Crippen molar-refractivity contribution in [1.29, 1.82) is 0 Å². The van der Waals surface area contributed by atoms with E-state index in [-0.39, 0.29) is 5.91 Å². The van der Waals surface area contributed by atoms with Crippen LogP contribution in [0.3, 0.4) is 0 Å². The third kappa shape index (κ3) is 3.91. The summed E-state index contributed by atoms with van der Waals surface area (Å²) in [7, 11) is 0. The van der Waals surface area contributed by atoms with Crippen molar-refractivity contribution in [2.45, 2.75) is 25.9 Å². The van der Waals surface area contributed by atoms with Crippen molar-refractivity contribution in [3.63, 3.8) is 0 Å². The third-order valence-electron chi connectivity index (χ3n) is 4.16. The summed E-state index contributed by atoms with van der Waals surface area (Å²) in [4.78, 5) is 20.8. The number of imidazole rings is 1. The molecule has 1 amide bonds. The summed E-state index contributed by atoms with van der Waals surface area (Å²) in [5.41, 5.74) is 0.788. The zero-order chi connectivity index (χ0) is 18.6. The molecule has 1 aromatic carbocycles. The molecule has 0 bridgehead atoms. The van der Waals surface area contributed by atoms with E-state index < -0.39 is 6.04 Å². The number of hydrogen-bond donors (Lipinski definition) is 1. The second kappa shape index (κ2) is 7.48. The van der Waals surface area contributed by atoms with Crippen molar-refractivity contribution in [2.24, 2.45) is 0 Å². The first-order valence-electron chi connectivity index (χ1n) is 8.64. The van der Waals surface area contributed by atoms with Gasteiger partial charge in [0.15, 0.2) is 17.3 Å². The van der Waals surface area contributed by atoms with E-state index in [9.17, 15) is 4.79 Å². The van der Waals surface area contributed by atoms with Gasteiger partial charge in [0, 0.05) is 32.3 Å². The lowest BCUT2D eigenvalue weighted by atomic mass is 10.0. The number of aromatic nitrogens is 4. The molecule has 3 aromatic rings. The molecule has 2 aromatic heterocycles. The van der Waals surface area contributed by atoms with Gasteiger partial charge in [0.05, 0.1) is 6.33 Å². The van der Waals surface area contributed by atoms with E-state index in [1.54, 1.807) is 19.4 Å². The SMILES string of the molecule is Cc1nc(C(NC(=O)CCn2ccnc2)c2ccc3c(c2)OCCO3)no1. The summed E-state index contributed by atoms with van der Waals surface area (Å²) in [5, 5.41) is 6.96. The lowest BCUT2D eigenvalue weighted by Crippen LogP contribution is -2.30. The Hall–Kier alpha value is -3.36. The highest BCUT2D eigenvalue weighted by atomic mass is 16.6. The average molecular weight is 369 g/mol. The quantitative estimate of drug-likeness (QED) is 0.704. The van der Waals surface area contributed by atoms with Crippen LogP contribution in [0.15, 0.2) is 41.4 Å². The van der Waals surface area contributed by atoms with Crippen molar-refractivity contribution in [2.75, 3.05) is 13.2 Å². The topological polar surface area (TPSA) is 104 Å². The van der Waals surface area contributed by atoms with Crippen LogP contribution in [-0.2, 0) is 11.3 Å². The molecule has 1 N–H and O–H groups in total. The monoisotopic (exact) mass is 369 g/mol. The molecule has 1 aliphatic heterocycles. The Balaban J connectivity index is 1.55. The molecule has 0 fully saturated rings. The average Bonchev–Trinajstić information content (AvgIpc) is 3.36. The first-order valence-corrected chi connectivity index (χ1v) is 8.64. The fraction of sp³-hybridized carbons (Fsp3) is 0.333. The highest BCUT2D eigenvalue weighted by Gasteiger charge is 2.24. The Morgan fingerprint density at radius 1 is 1.30 bits per heavy atom. The van der Waals surface area contributed by atoms with E-state index in [0.29, 0.717) is 49.4 Å². The maximum atomic E-state index is 12.5. The van der Waals surface area contributed by atoms with Crippen LogP contribution in [0.2, 0.25) is 0 Å². The molecule has 27 heavy (non-hydrogen) atoms. The van der Waals surface area contributed by atoms with Crippen LogP contribution >= 0.6 is 0 Å². The molecule has 0 saturated carbocycles. The molecule has 9 heteroatoms. The first kappa shape index (κ1) is 17.1. The maximum absolute atomic E-state index is 12.5. The molecular formula is C18H19N5O4. The molecule has 1 atom stereocenters. The summed E-state index contributed by atoms with van der Waals surface area (Å²) in [6, 6.07) is 4.97. The van der Waals surface area contributed by atoms with Crippen LogP contribution in [0.4, 0.5) is 0 Å². The summed E-state index contributed by atoms with van der Waals surface area (Å²) in [6.07, 6.45) is 5.47. The zero-order valence-electron chi connectivity index (χ0n) is 14.8. The highest BCUT2D eigenvalue weighted by molar-refractivity contribution is 5.76. The van der Waals surface area contributed by atoms with E-state index in [1.807, 2.05) is 29.0 Å². The van der Waals surface area contributed by atoms with Crippen molar-refractivity contribution in [1.82, 2.24) is 25.0 Å². The second-order valence-corrected chi connectivity index (χ2v) is 6.13. The predicted molar refractivity (Wildman–Crippen MR) is 93.3 cm³/mol. The van der Waals surface area contributed by atoms with Gasteiger partial charge < -0.3 is 23.9 Å². The minimum atomic E-state index is -0.548. The van der Waals surface area contributed by atoms with Crippen molar-refractivity contribution in [3.05, 3.63) is 54.2 Å². The number of nitrogens with zero attached hydrogens (tertiary/aromatic N) is 4. The van der Waals surface area contributed by atoms with Crippen LogP contribution in [0, 0.1) is 6.92 Å². The van der Waals surface area contributed by atoms with Gasteiger partial charge in [0.25, 0.3) is 0 Å². The number of carbonyl (C=O) groups is 1. The number of nitrogens with one attached hydrogen (secondary N) is 1. The molecule has 1 unspecified atom stereocenters. The number of fused-ring (bicyclic) bond motifs is 1. The number of hydrogen-bond acceptors (Lipinski definition) is 7. The Bertz CT molecular complexity index is 922. The molecule has 140 valence electrons. The van der Waals surface area contributed by atoms with Crippen LogP contribution in [0.5, 0.6) is 11.5 Å². The number of aryl methyl sites for hydroxylation is 2. The molecule has 1 aliphatic rings. The number of amides is 1. The van der Waals surface area contributed by atoms with E-state index in [1.165, 1.54) is 0 Å². The Labute approximate surface area is 155 Å². The normalized spacial score (nSPS) is 14.0. The maximum Gasteiger partial charge on any atom is 0.223 e. The standard InChI is InChI=1S/C18H19N5O4/c1-12-20-18(22-27-12)17(21-16(24)4-6-23-7-5-19-11-23)13-2-3-14-15(10-13)26-9-8-25-14/h2-3,5,7,10-11,17H,4,6,8-9H2,1H3,(H,21,24). The van der Waals surface area contributed by atoms with E-state index >= 15 is 0 Å². The van der Waals surface area contributed by atoms with Gasteiger partial charge in [-0.25, -0.2) is 4.98 Å². The molecule has 3 heterocycles. The Morgan fingerprint density at radius 2 is 2.15 bits per heavy atom. The molecule has 0 radical (unpaired) electrons. The van der Waals surface area contributed by atoms with Gasteiger partial charge in [-0.3, -0.25) is 4.79 Å².